The lowest BCUT2D eigenvalue weighted by molar-refractivity contribution is -0.116. The Balaban J connectivity index is 1.61. The Morgan fingerprint density at radius 2 is 2.29 bits per heavy atom. The van der Waals surface area contributed by atoms with Gasteiger partial charge in [-0.25, -0.2) is 9.48 Å². The summed E-state index contributed by atoms with van der Waals surface area (Å²) in [7, 11) is 0. The van der Waals surface area contributed by atoms with Gasteiger partial charge in [0.1, 0.15) is 0 Å². The second-order valence-corrected chi connectivity index (χ2v) is 5.63. The molecule has 126 valence electrons. The topological polar surface area (TPSA) is 106 Å². The first-order chi connectivity index (χ1) is 11.6. The zero-order valence-electron chi connectivity index (χ0n) is 13.0. The lowest BCUT2D eigenvalue weighted by Crippen LogP contribution is -2.15. The number of rotatable bonds is 6. The zero-order chi connectivity index (χ0) is 16.9. The molecule has 1 amide bonds. The molecule has 8 nitrogen and oxygen atoms in total. The van der Waals surface area contributed by atoms with Gasteiger partial charge in [-0.3, -0.25) is 4.79 Å². The number of carbonyl (C=O) groups excluding carboxylic acids is 1. The lowest BCUT2D eigenvalue weighted by Gasteiger charge is -2.10. The average Bonchev–Trinajstić information content (AvgIpc) is 3.25. The number of carbonyl (C=O) groups is 2. The fourth-order valence-corrected chi connectivity index (χ4v) is 2.60. The second-order valence-electron chi connectivity index (χ2n) is 5.63. The highest BCUT2D eigenvalue weighted by atomic mass is 16.5. The van der Waals surface area contributed by atoms with Gasteiger partial charge < -0.3 is 15.2 Å². The van der Waals surface area contributed by atoms with Gasteiger partial charge in [-0.05, 0) is 37.5 Å². The minimum atomic E-state index is -1.14. The number of nitrogens with one attached hydrogen (secondary N) is 1. The van der Waals surface area contributed by atoms with Gasteiger partial charge in [-0.15, -0.1) is 5.10 Å². The Labute approximate surface area is 138 Å². The highest BCUT2D eigenvalue weighted by Gasteiger charge is 2.17. The normalized spacial score (nSPS) is 16.9. The molecule has 24 heavy (non-hydrogen) atoms. The third-order valence-corrected chi connectivity index (χ3v) is 3.82. The van der Waals surface area contributed by atoms with Gasteiger partial charge in [-0.1, -0.05) is 11.3 Å². The number of carboxylic acid groups (broad SMARTS) is 1. The van der Waals surface area contributed by atoms with E-state index in [4.69, 9.17) is 9.84 Å². The van der Waals surface area contributed by atoms with Crippen LogP contribution in [0.1, 0.15) is 36.2 Å². The van der Waals surface area contributed by atoms with Gasteiger partial charge in [0.2, 0.25) is 5.91 Å². The van der Waals surface area contributed by atoms with E-state index < -0.39 is 5.97 Å². The molecule has 3 rings (SSSR count). The van der Waals surface area contributed by atoms with Gasteiger partial charge in [-0.2, -0.15) is 0 Å². The van der Waals surface area contributed by atoms with Crippen LogP contribution in [0.3, 0.4) is 0 Å². The summed E-state index contributed by atoms with van der Waals surface area (Å²) in [5.74, 6) is -1.22. The highest BCUT2D eigenvalue weighted by Crippen LogP contribution is 2.18. The van der Waals surface area contributed by atoms with Gasteiger partial charge in [0, 0.05) is 18.7 Å². The van der Waals surface area contributed by atoms with E-state index >= 15 is 0 Å². The number of hydrogen-bond acceptors (Lipinski definition) is 5. The number of carboxylic acids is 1. The second kappa shape index (κ2) is 7.22. The molecule has 2 aromatic rings. The Morgan fingerprint density at radius 3 is 3.00 bits per heavy atom. The molecule has 1 aliphatic rings. The maximum Gasteiger partial charge on any atom is 0.358 e. The van der Waals surface area contributed by atoms with E-state index in [0.717, 1.165) is 25.9 Å². The maximum absolute atomic E-state index is 12.0. The van der Waals surface area contributed by atoms with Crippen LogP contribution in [0.5, 0.6) is 0 Å². The monoisotopic (exact) mass is 330 g/mol. The quantitative estimate of drug-likeness (QED) is 0.837. The van der Waals surface area contributed by atoms with Gasteiger partial charge >= 0.3 is 5.97 Å². The summed E-state index contributed by atoms with van der Waals surface area (Å²) in [5.41, 5.74) is 1.10. The first-order valence-electron chi connectivity index (χ1n) is 7.79. The molecule has 2 N–H and O–H groups in total. The molecule has 0 saturated carbocycles. The molecule has 1 aromatic heterocycles. The summed E-state index contributed by atoms with van der Waals surface area (Å²) in [6.07, 6.45) is 4.70. The van der Waals surface area contributed by atoms with Gasteiger partial charge in [0.15, 0.2) is 5.69 Å². The van der Waals surface area contributed by atoms with E-state index in [1.807, 2.05) is 0 Å². The van der Waals surface area contributed by atoms with Crippen molar-refractivity contribution in [1.82, 2.24) is 15.0 Å². The molecule has 0 radical (unpaired) electrons. The van der Waals surface area contributed by atoms with Crippen LogP contribution in [-0.2, 0) is 9.53 Å². The predicted molar refractivity (Wildman–Crippen MR) is 85.2 cm³/mol. The maximum atomic E-state index is 12.0. The van der Waals surface area contributed by atoms with Crippen molar-refractivity contribution in [1.29, 1.82) is 0 Å². The van der Waals surface area contributed by atoms with E-state index in [-0.39, 0.29) is 17.7 Å². The van der Waals surface area contributed by atoms with Crippen molar-refractivity contribution >= 4 is 17.6 Å². The van der Waals surface area contributed by atoms with Crippen LogP contribution in [0.2, 0.25) is 0 Å². The minimum Gasteiger partial charge on any atom is -0.476 e. The van der Waals surface area contributed by atoms with Crippen LogP contribution in [0, 0.1) is 0 Å². The van der Waals surface area contributed by atoms with Crippen molar-refractivity contribution in [3.8, 4) is 5.69 Å². The van der Waals surface area contributed by atoms with Crippen molar-refractivity contribution in [2.75, 3.05) is 11.9 Å². The molecule has 1 saturated heterocycles. The number of nitrogens with zero attached hydrogens (tertiary/aromatic N) is 3. The number of amides is 1. The summed E-state index contributed by atoms with van der Waals surface area (Å²) in [5, 5.41) is 19.1. The molecule has 1 fully saturated rings. The molecular weight excluding hydrogens is 312 g/mol. The van der Waals surface area contributed by atoms with Crippen LogP contribution in [0.4, 0.5) is 5.69 Å². The van der Waals surface area contributed by atoms with Crippen LogP contribution in [-0.4, -0.2) is 44.7 Å². The summed E-state index contributed by atoms with van der Waals surface area (Å²) in [6, 6.07) is 6.99. The molecule has 0 aliphatic carbocycles. The van der Waals surface area contributed by atoms with Crippen LogP contribution in [0.25, 0.3) is 5.69 Å². The van der Waals surface area contributed by atoms with E-state index in [2.05, 4.69) is 15.6 Å². The van der Waals surface area contributed by atoms with Crippen molar-refractivity contribution in [3.05, 3.63) is 36.2 Å². The van der Waals surface area contributed by atoms with Gasteiger partial charge in [0.25, 0.3) is 0 Å². The largest absolute Gasteiger partial charge is 0.476 e. The summed E-state index contributed by atoms with van der Waals surface area (Å²) < 4.78 is 6.86. The van der Waals surface area contributed by atoms with E-state index in [0.29, 0.717) is 17.8 Å². The summed E-state index contributed by atoms with van der Waals surface area (Å²) >= 11 is 0. The first kappa shape index (κ1) is 16.1. The third-order valence-electron chi connectivity index (χ3n) is 3.82. The fourth-order valence-electron chi connectivity index (χ4n) is 2.60. The van der Waals surface area contributed by atoms with Crippen molar-refractivity contribution in [2.45, 2.75) is 31.8 Å². The molecule has 2 heterocycles. The predicted octanol–water partition coefficient (Wildman–Crippen LogP) is 1.86. The van der Waals surface area contributed by atoms with Crippen LogP contribution < -0.4 is 5.32 Å². The van der Waals surface area contributed by atoms with Crippen LogP contribution >= 0.6 is 0 Å². The van der Waals surface area contributed by atoms with Crippen molar-refractivity contribution < 1.29 is 19.4 Å². The van der Waals surface area contributed by atoms with Crippen molar-refractivity contribution in [2.24, 2.45) is 0 Å². The smallest absolute Gasteiger partial charge is 0.358 e. The Bertz CT molecular complexity index is 737. The molecule has 1 aromatic carbocycles. The third kappa shape index (κ3) is 3.96. The number of aromatic carboxylic acids is 1. The molecule has 1 unspecified atom stereocenters. The molecule has 0 bridgehead atoms. The minimum absolute atomic E-state index is 0.0764. The average molecular weight is 330 g/mol. The molecule has 1 aliphatic heterocycles. The Kier molecular flexibility index (Phi) is 4.85. The molecule has 1 atom stereocenters. The van der Waals surface area contributed by atoms with E-state index in [1.54, 1.807) is 24.3 Å². The SMILES string of the molecule is O=C(CCC1CCCO1)Nc1cccc(-n2cc(C(=O)O)nn2)c1. The van der Waals surface area contributed by atoms with Gasteiger partial charge in [0.05, 0.1) is 18.0 Å². The fraction of sp³-hybridized carbons (Fsp3) is 0.375. The standard InChI is InChI=1S/C16H18N4O4/c21-15(7-6-13-5-2-8-24-13)17-11-3-1-4-12(9-11)20-10-14(16(22)23)18-19-20/h1,3-4,9-10,13H,2,5-8H2,(H,17,21)(H,22,23). The van der Waals surface area contributed by atoms with E-state index in [9.17, 15) is 9.59 Å². The Hall–Kier alpha value is -2.74. The van der Waals surface area contributed by atoms with E-state index in [1.165, 1.54) is 10.9 Å². The molecule has 8 heteroatoms. The first-order valence-corrected chi connectivity index (χ1v) is 7.79. The number of anilines is 1. The molecular formula is C16H18N4O4. The zero-order valence-corrected chi connectivity index (χ0v) is 13.0. The number of ether oxygens (including phenoxy) is 1. The molecule has 0 spiro atoms. The Morgan fingerprint density at radius 1 is 1.42 bits per heavy atom. The number of aromatic nitrogens is 3. The van der Waals surface area contributed by atoms with Crippen molar-refractivity contribution in [3.63, 3.8) is 0 Å². The lowest BCUT2D eigenvalue weighted by atomic mass is 10.1. The summed E-state index contributed by atoms with van der Waals surface area (Å²) in [4.78, 5) is 22.9. The van der Waals surface area contributed by atoms with Crippen LogP contribution in [0.15, 0.2) is 30.5 Å². The summed E-state index contributed by atoms with van der Waals surface area (Å²) in [6.45, 7) is 0.782. The number of benzene rings is 1. The highest BCUT2D eigenvalue weighted by molar-refractivity contribution is 5.91. The number of hydrogen-bond donors (Lipinski definition) is 2.